The molecule has 3 heterocycles. The van der Waals surface area contributed by atoms with Gasteiger partial charge >= 0.3 is 0 Å². The van der Waals surface area contributed by atoms with Crippen molar-refractivity contribution in [1.82, 2.24) is 25.1 Å². The second-order valence-corrected chi connectivity index (χ2v) is 9.11. The number of rotatable bonds is 7. The Hall–Kier alpha value is -3.56. The maximum absolute atomic E-state index is 14.3. The number of hydrogen-bond donors (Lipinski definition) is 2. The summed E-state index contributed by atoms with van der Waals surface area (Å²) < 4.78 is 21.4. The number of aryl methyl sites for hydroxylation is 1. The van der Waals surface area contributed by atoms with Crippen LogP contribution in [0.4, 0.5) is 10.3 Å². The topological polar surface area (TPSA) is 94.0 Å². The number of anilines is 1. The molecule has 36 heavy (non-hydrogen) atoms. The van der Waals surface area contributed by atoms with Crippen LogP contribution >= 0.6 is 11.6 Å². The third-order valence-electron chi connectivity index (χ3n) is 6.26. The van der Waals surface area contributed by atoms with Crippen LogP contribution in [0.3, 0.4) is 0 Å². The summed E-state index contributed by atoms with van der Waals surface area (Å²) >= 11 is 5.89. The largest absolute Gasteiger partial charge is 0.381 e. The zero-order chi connectivity index (χ0) is 25.1. The number of carbonyl (C=O) groups excluding carboxylic acids is 1. The van der Waals surface area contributed by atoms with Gasteiger partial charge in [0.1, 0.15) is 5.82 Å². The smallest absolute Gasteiger partial charge is 0.252 e. The highest BCUT2D eigenvalue weighted by atomic mass is 35.5. The summed E-state index contributed by atoms with van der Waals surface area (Å²) in [6.45, 7) is 4.07. The summed E-state index contributed by atoms with van der Waals surface area (Å²) in [5.41, 5.74) is 2.38. The Morgan fingerprint density at radius 3 is 2.78 bits per heavy atom. The average molecular weight is 509 g/mol. The van der Waals surface area contributed by atoms with E-state index in [-0.39, 0.29) is 17.0 Å². The number of fused-ring (bicyclic) bond motifs is 1. The number of halogens is 2. The molecule has 8 nitrogen and oxygen atoms in total. The van der Waals surface area contributed by atoms with Crippen molar-refractivity contribution in [3.63, 3.8) is 0 Å². The van der Waals surface area contributed by atoms with Crippen LogP contribution in [-0.2, 0) is 11.3 Å². The van der Waals surface area contributed by atoms with Gasteiger partial charge in [0.15, 0.2) is 0 Å². The summed E-state index contributed by atoms with van der Waals surface area (Å²) in [4.78, 5) is 22.4. The van der Waals surface area contributed by atoms with Gasteiger partial charge in [0, 0.05) is 54.7 Å². The Morgan fingerprint density at radius 2 is 2.03 bits per heavy atom. The van der Waals surface area contributed by atoms with E-state index in [4.69, 9.17) is 16.3 Å². The van der Waals surface area contributed by atoms with Gasteiger partial charge in [-0.2, -0.15) is 5.10 Å². The van der Waals surface area contributed by atoms with E-state index in [9.17, 15) is 9.18 Å². The van der Waals surface area contributed by atoms with Gasteiger partial charge < -0.3 is 15.4 Å². The van der Waals surface area contributed by atoms with Crippen molar-refractivity contribution < 1.29 is 13.9 Å². The van der Waals surface area contributed by atoms with E-state index in [1.807, 2.05) is 19.2 Å². The summed E-state index contributed by atoms with van der Waals surface area (Å²) in [5, 5.41) is 11.5. The predicted molar refractivity (Wildman–Crippen MR) is 136 cm³/mol. The number of aromatic nitrogens is 4. The predicted octanol–water partition coefficient (Wildman–Crippen LogP) is 4.75. The van der Waals surface area contributed by atoms with E-state index >= 15 is 0 Å². The van der Waals surface area contributed by atoms with Crippen molar-refractivity contribution in [2.24, 2.45) is 0 Å². The fourth-order valence-corrected chi connectivity index (χ4v) is 4.34. The standard InChI is InChI=1S/C26H26ClFN6O2/c1-2-34-15-19(14-30-34)24(16-5-6-21(27)22(28)11-16)33-25(35)17-3-4-18-13-29-26(32-23(18)12-17)31-20-7-9-36-10-8-20/h3-6,11-15,20,24H,2,7-10H2,1H3,(H,33,35)(H,29,31,32)/t24-/m1/s1. The molecule has 0 spiro atoms. The molecule has 1 atom stereocenters. The van der Waals surface area contributed by atoms with E-state index in [0.29, 0.717) is 42.4 Å². The second kappa shape index (κ2) is 10.6. The van der Waals surface area contributed by atoms with Crippen LogP contribution in [0.25, 0.3) is 10.9 Å². The first-order chi connectivity index (χ1) is 17.5. The molecule has 2 N–H and O–H groups in total. The molecule has 2 aromatic carbocycles. The lowest BCUT2D eigenvalue weighted by molar-refractivity contribution is 0.0903. The van der Waals surface area contributed by atoms with Gasteiger partial charge in [-0.25, -0.2) is 14.4 Å². The number of amides is 1. The van der Waals surface area contributed by atoms with Gasteiger partial charge in [-0.15, -0.1) is 0 Å². The van der Waals surface area contributed by atoms with Crippen LogP contribution in [0.5, 0.6) is 0 Å². The van der Waals surface area contributed by atoms with Crippen LogP contribution in [-0.4, -0.2) is 44.9 Å². The molecule has 0 radical (unpaired) electrons. The van der Waals surface area contributed by atoms with Gasteiger partial charge in [-0.3, -0.25) is 9.48 Å². The fourth-order valence-electron chi connectivity index (χ4n) is 4.23. The lowest BCUT2D eigenvalue weighted by Crippen LogP contribution is -2.29. The van der Waals surface area contributed by atoms with Crippen LogP contribution < -0.4 is 10.6 Å². The molecule has 0 bridgehead atoms. The molecular formula is C26H26ClFN6O2. The van der Waals surface area contributed by atoms with Crippen LogP contribution in [0, 0.1) is 5.82 Å². The number of nitrogens with zero attached hydrogens (tertiary/aromatic N) is 4. The van der Waals surface area contributed by atoms with Crippen molar-refractivity contribution in [3.05, 3.63) is 82.5 Å². The molecule has 0 unspecified atom stereocenters. The Bertz CT molecular complexity index is 1390. The van der Waals surface area contributed by atoms with Crippen molar-refractivity contribution in [2.45, 2.75) is 38.4 Å². The molecule has 1 aliphatic rings. The lowest BCUT2D eigenvalue weighted by Gasteiger charge is -2.23. The molecule has 1 saturated heterocycles. The van der Waals surface area contributed by atoms with E-state index in [1.165, 1.54) is 12.1 Å². The zero-order valence-electron chi connectivity index (χ0n) is 19.7. The SMILES string of the molecule is CCn1cc([C@H](NC(=O)c2ccc3cnc(NC4CCOCC4)nc3c2)c2ccc(Cl)c(F)c2)cn1. The van der Waals surface area contributed by atoms with Crippen molar-refractivity contribution in [2.75, 3.05) is 18.5 Å². The van der Waals surface area contributed by atoms with Crippen LogP contribution in [0.1, 0.15) is 47.3 Å². The molecule has 5 rings (SSSR count). The van der Waals surface area contributed by atoms with Gasteiger partial charge in [0.2, 0.25) is 5.95 Å². The van der Waals surface area contributed by atoms with Gasteiger partial charge in [0.25, 0.3) is 5.91 Å². The molecule has 1 amide bonds. The van der Waals surface area contributed by atoms with Crippen molar-refractivity contribution in [3.8, 4) is 0 Å². The minimum Gasteiger partial charge on any atom is -0.381 e. The van der Waals surface area contributed by atoms with Crippen LogP contribution in [0.15, 0.2) is 55.0 Å². The fraction of sp³-hybridized carbons (Fsp3) is 0.308. The normalized spacial score (nSPS) is 15.1. The number of nitrogens with one attached hydrogen (secondary N) is 2. The summed E-state index contributed by atoms with van der Waals surface area (Å²) in [5.74, 6) is -0.351. The molecule has 1 aliphatic heterocycles. The highest BCUT2D eigenvalue weighted by Crippen LogP contribution is 2.26. The minimum absolute atomic E-state index is 0.0208. The molecule has 186 valence electrons. The highest BCUT2D eigenvalue weighted by Gasteiger charge is 2.21. The molecule has 10 heteroatoms. The third-order valence-corrected chi connectivity index (χ3v) is 6.57. The van der Waals surface area contributed by atoms with Gasteiger partial charge in [-0.1, -0.05) is 23.7 Å². The van der Waals surface area contributed by atoms with Gasteiger partial charge in [-0.05, 0) is 49.6 Å². The quantitative estimate of drug-likeness (QED) is 0.374. The Labute approximate surface area is 212 Å². The lowest BCUT2D eigenvalue weighted by atomic mass is 10.0. The van der Waals surface area contributed by atoms with E-state index in [0.717, 1.165) is 23.8 Å². The van der Waals surface area contributed by atoms with Crippen molar-refractivity contribution >= 4 is 34.4 Å². The number of hydrogen-bond acceptors (Lipinski definition) is 6. The van der Waals surface area contributed by atoms with E-state index in [1.54, 1.807) is 35.3 Å². The van der Waals surface area contributed by atoms with E-state index in [2.05, 4.69) is 25.7 Å². The molecule has 2 aromatic heterocycles. The number of benzene rings is 2. The zero-order valence-corrected chi connectivity index (χ0v) is 20.5. The minimum atomic E-state index is -0.614. The highest BCUT2D eigenvalue weighted by molar-refractivity contribution is 6.30. The Morgan fingerprint density at radius 1 is 1.19 bits per heavy atom. The van der Waals surface area contributed by atoms with Crippen molar-refractivity contribution in [1.29, 1.82) is 0 Å². The summed E-state index contributed by atoms with van der Waals surface area (Å²) in [7, 11) is 0. The molecule has 4 aromatic rings. The summed E-state index contributed by atoms with van der Waals surface area (Å²) in [6.07, 6.45) is 7.03. The summed E-state index contributed by atoms with van der Waals surface area (Å²) in [6, 6.07) is 9.42. The first-order valence-corrected chi connectivity index (χ1v) is 12.3. The third kappa shape index (κ3) is 5.32. The molecule has 0 saturated carbocycles. The van der Waals surface area contributed by atoms with E-state index < -0.39 is 11.9 Å². The number of carbonyl (C=O) groups is 1. The maximum Gasteiger partial charge on any atom is 0.252 e. The average Bonchev–Trinajstić information content (AvgIpc) is 3.38. The molecule has 0 aliphatic carbocycles. The Balaban J connectivity index is 1.41. The van der Waals surface area contributed by atoms with Gasteiger partial charge in [0.05, 0.1) is 22.8 Å². The number of ether oxygens (including phenoxy) is 1. The van der Waals surface area contributed by atoms with Crippen LogP contribution in [0.2, 0.25) is 5.02 Å². The monoisotopic (exact) mass is 508 g/mol. The first-order valence-electron chi connectivity index (χ1n) is 11.9. The first kappa shape index (κ1) is 24.1. The Kier molecular flexibility index (Phi) is 7.11. The second-order valence-electron chi connectivity index (χ2n) is 8.71. The maximum atomic E-state index is 14.3. The molecular weight excluding hydrogens is 483 g/mol. The molecule has 1 fully saturated rings.